The second-order valence-corrected chi connectivity index (χ2v) is 9.38. The maximum Gasteiger partial charge on any atom is 0.224 e. The molecule has 3 heterocycles. The van der Waals surface area contributed by atoms with Gasteiger partial charge in [0.1, 0.15) is 17.5 Å². The second kappa shape index (κ2) is 10.2. The first kappa shape index (κ1) is 23.1. The monoisotopic (exact) mass is 466 g/mol. The van der Waals surface area contributed by atoms with Gasteiger partial charge in [-0.3, -0.25) is 9.89 Å². The Kier molecular flexibility index (Phi) is 7.14. The van der Waals surface area contributed by atoms with Crippen molar-refractivity contribution in [1.29, 1.82) is 0 Å². The van der Waals surface area contributed by atoms with E-state index in [1.807, 2.05) is 50.2 Å². The van der Waals surface area contributed by atoms with Crippen molar-refractivity contribution >= 4 is 40.8 Å². The number of aromatic amines is 1. The van der Waals surface area contributed by atoms with Crippen LogP contribution in [-0.4, -0.2) is 51.2 Å². The largest absolute Gasteiger partial charge is 0.353 e. The summed E-state index contributed by atoms with van der Waals surface area (Å²) in [5.41, 5.74) is 1.68. The van der Waals surface area contributed by atoms with Crippen LogP contribution in [-0.2, 0) is 4.79 Å². The van der Waals surface area contributed by atoms with Gasteiger partial charge < -0.3 is 20.9 Å². The molecule has 2 unspecified atom stereocenters. The number of anilines is 4. The summed E-state index contributed by atoms with van der Waals surface area (Å²) >= 11 is 1.49. The molecule has 1 fully saturated rings. The molecule has 4 N–H and O–H groups in total. The van der Waals surface area contributed by atoms with Crippen LogP contribution >= 0.6 is 11.8 Å². The Morgan fingerprint density at radius 1 is 1.15 bits per heavy atom. The highest BCUT2D eigenvalue weighted by Crippen LogP contribution is 2.30. The van der Waals surface area contributed by atoms with E-state index in [0.717, 1.165) is 41.0 Å². The molecule has 0 spiro atoms. The van der Waals surface area contributed by atoms with Crippen molar-refractivity contribution in [3.8, 4) is 0 Å². The molecule has 33 heavy (non-hydrogen) atoms. The van der Waals surface area contributed by atoms with Crippen LogP contribution in [0.5, 0.6) is 0 Å². The number of hydrogen-bond donors (Lipinski definition) is 4. The van der Waals surface area contributed by atoms with Crippen LogP contribution in [0.15, 0.2) is 46.5 Å². The van der Waals surface area contributed by atoms with E-state index in [1.54, 1.807) is 0 Å². The number of nitrogens with zero attached hydrogens (tertiary/aromatic N) is 4. The molecule has 0 bridgehead atoms. The zero-order chi connectivity index (χ0) is 23.4. The number of rotatable bonds is 7. The molecule has 0 radical (unpaired) electrons. The lowest BCUT2D eigenvalue weighted by atomic mass is 10.1. The number of piperazine rings is 1. The van der Waals surface area contributed by atoms with Gasteiger partial charge in [0.25, 0.3) is 0 Å². The van der Waals surface area contributed by atoms with E-state index >= 15 is 0 Å². The smallest absolute Gasteiger partial charge is 0.224 e. The van der Waals surface area contributed by atoms with Crippen molar-refractivity contribution < 1.29 is 4.79 Å². The average molecular weight is 467 g/mol. The minimum Gasteiger partial charge on any atom is -0.353 e. The Morgan fingerprint density at radius 2 is 1.88 bits per heavy atom. The van der Waals surface area contributed by atoms with Gasteiger partial charge >= 0.3 is 0 Å². The van der Waals surface area contributed by atoms with Gasteiger partial charge in [0, 0.05) is 54.3 Å². The van der Waals surface area contributed by atoms with Gasteiger partial charge in [-0.25, -0.2) is 9.97 Å². The summed E-state index contributed by atoms with van der Waals surface area (Å²) in [4.78, 5) is 24.5. The Morgan fingerprint density at radius 3 is 2.52 bits per heavy atom. The van der Waals surface area contributed by atoms with E-state index in [0.29, 0.717) is 29.5 Å². The summed E-state index contributed by atoms with van der Waals surface area (Å²) in [6.07, 6.45) is 0.450. The predicted octanol–water partition coefficient (Wildman–Crippen LogP) is 3.94. The van der Waals surface area contributed by atoms with E-state index in [9.17, 15) is 4.79 Å². The van der Waals surface area contributed by atoms with Crippen molar-refractivity contribution in [2.75, 3.05) is 28.6 Å². The summed E-state index contributed by atoms with van der Waals surface area (Å²) in [7, 11) is 0. The molecule has 1 amide bonds. The molecule has 9 nitrogen and oxygen atoms in total. The summed E-state index contributed by atoms with van der Waals surface area (Å²) < 4.78 is 0. The number of nitrogens with one attached hydrogen (secondary N) is 4. The Balaban J connectivity index is 1.59. The Hall–Kier alpha value is -3.11. The van der Waals surface area contributed by atoms with Gasteiger partial charge in [-0.15, -0.1) is 0 Å². The number of aromatic nitrogens is 4. The SMILES string of the molecule is CCC(=O)Nc1ccc(Sc2nc(Nc3cc(C)n[nH]3)cc(N3CC(C)NC(C)C3)n2)cc1. The van der Waals surface area contributed by atoms with Crippen molar-refractivity contribution in [2.24, 2.45) is 0 Å². The van der Waals surface area contributed by atoms with Crippen molar-refractivity contribution in [1.82, 2.24) is 25.5 Å². The molecule has 0 saturated carbocycles. The average Bonchev–Trinajstić information content (AvgIpc) is 3.18. The highest BCUT2D eigenvalue weighted by atomic mass is 32.2. The number of benzene rings is 1. The Labute approximate surface area is 198 Å². The van der Waals surface area contributed by atoms with Crippen LogP contribution in [0.2, 0.25) is 0 Å². The zero-order valence-corrected chi connectivity index (χ0v) is 20.2. The highest BCUT2D eigenvalue weighted by Gasteiger charge is 2.23. The molecule has 0 aliphatic carbocycles. The van der Waals surface area contributed by atoms with E-state index in [4.69, 9.17) is 9.97 Å². The minimum absolute atomic E-state index is 0.00400. The first-order valence-corrected chi connectivity index (χ1v) is 12.0. The lowest BCUT2D eigenvalue weighted by Crippen LogP contribution is -2.54. The van der Waals surface area contributed by atoms with Crippen LogP contribution < -0.4 is 20.9 Å². The number of amides is 1. The van der Waals surface area contributed by atoms with Gasteiger partial charge in [-0.2, -0.15) is 5.10 Å². The highest BCUT2D eigenvalue weighted by molar-refractivity contribution is 7.99. The molecule has 2 atom stereocenters. The van der Waals surface area contributed by atoms with E-state index < -0.39 is 0 Å². The third-order valence-electron chi connectivity index (χ3n) is 5.21. The molecule has 1 aliphatic heterocycles. The van der Waals surface area contributed by atoms with Gasteiger partial charge in [0.15, 0.2) is 5.16 Å². The number of hydrogen-bond acceptors (Lipinski definition) is 8. The van der Waals surface area contributed by atoms with Crippen LogP contribution in [0.3, 0.4) is 0 Å². The second-order valence-electron chi connectivity index (χ2n) is 8.34. The van der Waals surface area contributed by atoms with Crippen molar-refractivity contribution in [3.63, 3.8) is 0 Å². The van der Waals surface area contributed by atoms with Crippen LogP contribution in [0.25, 0.3) is 0 Å². The molecular formula is C23H30N8OS. The summed E-state index contributed by atoms with van der Waals surface area (Å²) in [6.45, 7) is 9.89. The number of carbonyl (C=O) groups excluding carboxylic acids is 1. The molecule has 1 aromatic carbocycles. The van der Waals surface area contributed by atoms with E-state index in [-0.39, 0.29) is 5.91 Å². The number of H-pyrrole nitrogens is 1. The lowest BCUT2D eigenvalue weighted by Gasteiger charge is -2.37. The molecular weight excluding hydrogens is 436 g/mol. The third-order valence-corrected chi connectivity index (χ3v) is 6.08. The summed E-state index contributed by atoms with van der Waals surface area (Å²) in [6, 6.07) is 12.4. The molecule has 1 saturated heterocycles. The standard InChI is InChI=1S/C23H30N8OS/c1-5-22(32)25-17-6-8-18(9-7-17)33-23-27-19(26-20-10-14(2)29-30-20)11-21(28-23)31-12-15(3)24-16(4)13-31/h6-11,15-16,24H,5,12-13H2,1-4H3,(H,25,32)(H2,26,27,28,29,30). The fourth-order valence-corrected chi connectivity index (χ4v) is 4.55. The molecule has 174 valence electrons. The summed E-state index contributed by atoms with van der Waals surface area (Å²) in [5, 5.41) is 17.6. The maximum atomic E-state index is 11.6. The van der Waals surface area contributed by atoms with E-state index in [2.05, 4.69) is 44.9 Å². The van der Waals surface area contributed by atoms with Crippen molar-refractivity contribution in [3.05, 3.63) is 42.1 Å². The van der Waals surface area contributed by atoms with E-state index in [1.165, 1.54) is 11.8 Å². The number of aryl methyl sites for hydroxylation is 1. The predicted molar refractivity (Wildman–Crippen MR) is 132 cm³/mol. The topological polar surface area (TPSA) is 111 Å². The normalized spacial score (nSPS) is 18.2. The van der Waals surface area contributed by atoms with Crippen LogP contribution in [0.1, 0.15) is 32.9 Å². The maximum absolute atomic E-state index is 11.6. The molecule has 2 aromatic heterocycles. The molecule has 3 aromatic rings. The fraction of sp³-hybridized carbons (Fsp3) is 0.391. The van der Waals surface area contributed by atoms with Crippen LogP contribution in [0.4, 0.5) is 23.1 Å². The fourth-order valence-electron chi connectivity index (χ4n) is 3.78. The lowest BCUT2D eigenvalue weighted by molar-refractivity contribution is -0.115. The zero-order valence-electron chi connectivity index (χ0n) is 19.3. The molecule has 1 aliphatic rings. The van der Waals surface area contributed by atoms with Gasteiger partial charge in [-0.05, 0) is 56.8 Å². The third kappa shape index (κ3) is 6.23. The van der Waals surface area contributed by atoms with Crippen molar-refractivity contribution in [2.45, 2.75) is 56.3 Å². The van der Waals surface area contributed by atoms with Gasteiger partial charge in [-0.1, -0.05) is 6.92 Å². The number of carbonyl (C=O) groups is 1. The van der Waals surface area contributed by atoms with Crippen LogP contribution in [0, 0.1) is 6.92 Å². The Bertz CT molecular complexity index is 1090. The quantitative estimate of drug-likeness (QED) is 0.388. The summed E-state index contributed by atoms with van der Waals surface area (Å²) in [5.74, 6) is 2.37. The molecule has 4 rings (SSSR count). The minimum atomic E-state index is -0.00400. The first-order chi connectivity index (χ1) is 15.9. The van der Waals surface area contributed by atoms with Gasteiger partial charge in [0.2, 0.25) is 5.91 Å². The van der Waals surface area contributed by atoms with Gasteiger partial charge in [0.05, 0.1) is 5.69 Å². The molecule has 10 heteroatoms. The first-order valence-electron chi connectivity index (χ1n) is 11.1.